The number of piperidine rings is 1. The van der Waals surface area contributed by atoms with Gasteiger partial charge in [-0.2, -0.15) is 0 Å². The summed E-state index contributed by atoms with van der Waals surface area (Å²) in [5, 5.41) is 0. The number of fused-ring (bicyclic) bond motifs is 1. The van der Waals surface area contributed by atoms with Crippen molar-refractivity contribution in [2.45, 2.75) is 38.8 Å². The van der Waals surface area contributed by atoms with E-state index in [4.69, 9.17) is 4.74 Å². The molecule has 0 amide bonds. The van der Waals surface area contributed by atoms with Crippen molar-refractivity contribution in [2.75, 3.05) is 20.2 Å². The van der Waals surface area contributed by atoms with Gasteiger partial charge in [0.2, 0.25) is 0 Å². The van der Waals surface area contributed by atoms with Gasteiger partial charge in [0.05, 0.1) is 12.2 Å². The number of ether oxygens (including phenoxy) is 1. The molecule has 0 bridgehead atoms. The van der Waals surface area contributed by atoms with Crippen LogP contribution < -0.4 is 0 Å². The van der Waals surface area contributed by atoms with Crippen molar-refractivity contribution in [3.63, 3.8) is 0 Å². The van der Waals surface area contributed by atoms with Crippen LogP contribution in [0.1, 0.15) is 27.2 Å². The maximum atomic E-state index is 5.84. The quantitative estimate of drug-likeness (QED) is 0.646. The maximum Gasteiger partial charge on any atom is 0.0631 e. The summed E-state index contributed by atoms with van der Waals surface area (Å²) in [5.41, 5.74) is 0.0216. The van der Waals surface area contributed by atoms with Crippen LogP contribution in [0.3, 0.4) is 0 Å². The van der Waals surface area contributed by atoms with Crippen molar-refractivity contribution in [3.8, 4) is 0 Å². The first-order chi connectivity index (χ1) is 5.97. The molecule has 0 aromatic heterocycles. The van der Waals surface area contributed by atoms with E-state index in [-0.39, 0.29) is 5.60 Å². The second-order valence-corrected chi connectivity index (χ2v) is 5.59. The molecule has 0 spiro atoms. The van der Waals surface area contributed by atoms with Gasteiger partial charge in [-0.1, -0.05) is 0 Å². The van der Waals surface area contributed by atoms with Crippen LogP contribution in [0.4, 0.5) is 0 Å². The molecule has 0 aromatic rings. The number of hydrogen-bond acceptors (Lipinski definition) is 2. The third-order valence-corrected chi connectivity index (χ3v) is 3.25. The van der Waals surface area contributed by atoms with Gasteiger partial charge in [0.25, 0.3) is 0 Å². The summed E-state index contributed by atoms with van der Waals surface area (Å²) in [5.74, 6) is 1.95. The molecule has 0 aromatic carbocycles. The second kappa shape index (κ2) is 2.96. The zero-order valence-corrected chi connectivity index (χ0v) is 9.21. The van der Waals surface area contributed by atoms with Crippen LogP contribution in [-0.2, 0) is 4.74 Å². The first kappa shape index (κ1) is 9.47. The fourth-order valence-corrected chi connectivity index (χ4v) is 2.37. The van der Waals surface area contributed by atoms with Crippen molar-refractivity contribution in [1.29, 1.82) is 0 Å². The predicted octanol–water partition coefficient (Wildman–Crippen LogP) is 1.75. The van der Waals surface area contributed by atoms with E-state index in [9.17, 15) is 0 Å². The first-order valence-corrected chi connectivity index (χ1v) is 5.31. The Balaban J connectivity index is 1.81. The van der Waals surface area contributed by atoms with Crippen LogP contribution >= 0.6 is 0 Å². The summed E-state index contributed by atoms with van der Waals surface area (Å²) in [6.07, 6.45) is 1.45. The molecule has 1 saturated carbocycles. The Labute approximate surface area is 81.3 Å². The van der Waals surface area contributed by atoms with Crippen LogP contribution in [0.15, 0.2) is 0 Å². The second-order valence-electron chi connectivity index (χ2n) is 5.59. The molecule has 2 rings (SSSR count). The highest BCUT2D eigenvalue weighted by Crippen LogP contribution is 2.48. The van der Waals surface area contributed by atoms with Gasteiger partial charge in [0.15, 0.2) is 0 Å². The summed E-state index contributed by atoms with van der Waals surface area (Å²) in [7, 11) is 2.23. The van der Waals surface area contributed by atoms with Gasteiger partial charge in [0, 0.05) is 12.6 Å². The van der Waals surface area contributed by atoms with E-state index in [1.807, 2.05) is 0 Å². The Bertz CT molecular complexity index is 195. The van der Waals surface area contributed by atoms with E-state index >= 15 is 0 Å². The van der Waals surface area contributed by atoms with Crippen molar-refractivity contribution in [3.05, 3.63) is 0 Å². The molecule has 1 aliphatic heterocycles. The summed E-state index contributed by atoms with van der Waals surface area (Å²) in [4.78, 5) is 2.46. The highest BCUT2D eigenvalue weighted by molar-refractivity contribution is 5.03. The van der Waals surface area contributed by atoms with Crippen molar-refractivity contribution in [2.24, 2.45) is 11.8 Å². The van der Waals surface area contributed by atoms with Crippen molar-refractivity contribution in [1.82, 2.24) is 4.90 Å². The van der Waals surface area contributed by atoms with Gasteiger partial charge >= 0.3 is 0 Å². The number of likely N-dealkylation sites (N-methyl/N-ethyl adjacent to an activating group) is 1. The summed E-state index contributed by atoms with van der Waals surface area (Å²) in [6, 6.07) is 0.698. The molecular formula is C11H21NO. The molecule has 2 aliphatic rings. The number of likely N-dealkylation sites (tertiary alicyclic amines) is 1. The normalized spacial score (nSPS) is 39.2. The zero-order chi connectivity index (χ0) is 9.64. The van der Waals surface area contributed by atoms with Crippen LogP contribution in [-0.4, -0.2) is 36.7 Å². The van der Waals surface area contributed by atoms with E-state index < -0.39 is 0 Å². The number of nitrogens with zero attached hydrogens (tertiary/aromatic N) is 1. The lowest BCUT2D eigenvalue weighted by molar-refractivity contribution is -0.0296. The van der Waals surface area contributed by atoms with Crippen molar-refractivity contribution >= 4 is 0 Å². The lowest BCUT2D eigenvalue weighted by Crippen LogP contribution is -2.36. The monoisotopic (exact) mass is 183 g/mol. The van der Waals surface area contributed by atoms with Crippen LogP contribution in [0, 0.1) is 11.8 Å². The van der Waals surface area contributed by atoms with Gasteiger partial charge in [-0.05, 0) is 46.1 Å². The van der Waals surface area contributed by atoms with Gasteiger partial charge in [0.1, 0.15) is 0 Å². The van der Waals surface area contributed by atoms with E-state index in [0.29, 0.717) is 6.04 Å². The van der Waals surface area contributed by atoms with E-state index in [1.54, 1.807) is 0 Å². The molecule has 1 saturated heterocycles. The molecule has 1 aliphatic carbocycles. The standard InChI is InChI=1S/C11H21NO/c1-11(2,3)13-7-10-9-5-8(9)6-12(10)4/h8-10H,5-7H2,1-4H3. The van der Waals surface area contributed by atoms with Crippen LogP contribution in [0.5, 0.6) is 0 Å². The largest absolute Gasteiger partial charge is 0.374 e. The highest BCUT2D eigenvalue weighted by atomic mass is 16.5. The molecule has 0 radical (unpaired) electrons. The molecule has 0 N–H and O–H groups in total. The molecule has 3 unspecified atom stereocenters. The minimum absolute atomic E-state index is 0.0216. The fourth-order valence-electron chi connectivity index (χ4n) is 2.37. The number of hydrogen-bond donors (Lipinski definition) is 0. The first-order valence-electron chi connectivity index (χ1n) is 5.31. The van der Waals surface area contributed by atoms with Gasteiger partial charge < -0.3 is 9.64 Å². The molecule has 2 fully saturated rings. The topological polar surface area (TPSA) is 12.5 Å². The summed E-state index contributed by atoms with van der Waals surface area (Å²) < 4.78 is 5.84. The lowest BCUT2D eigenvalue weighted by atomic mass is 10.1. The Morgan fingerprint density at radius 3 is 2.54 bits per heavy atom. The Kier molecular flexibility index (Phi) is 2.16. The van der Waals surface area contributed by atoms with Gasteiger partial charge in [-0.3, -0.25) is 0 Å². The smallest absolute Gasteiger partial charge is 0.0631 e. The molecule has 13 heavy (non-hydrogen) atoms. The molecule has 1 heterocycles. The van der Waals surface area contributed by atoms with Crippen LogP contribution in [0.2, 0.25) is 0 Å². The highest BCUT2D eigenvalue weighted by Gasteiger charge is 2.51. The van der Waals surface area contributed by atoms with Crippen LogP contribution in [0.25, 0.3) is 0 Å². The summed E-state index contributed by atoms with van der Waals surface area (Å²) >= 11 is 0. The van der Waals surface area contributed by atoms with Gasteiger partial charge in [-0.25, -0.2) is 0 Å². The Morgan fingerprint density at radius 1 is 1.38 bits per heavy atom. The predicted molar refractivity (Wildman–Crippen MR) is 53.7 cm³/mol. The lowest BCUT2D eigenvalue weighted by Gasteiger charge is -2.27. The van der Waals surface area contributed by atoms with Crippen molar-refractivity contribution < 1.29 is 4.74 Å². The third-order valence-electron chi connectivity index (χ3n) is 3.25. The molecular weight excluding hydrogens is 162 g/mol. The average molecular weight is 183 g/mol. The minimum Gasteiger partial charge on any atom is -0.374 e. The Hall–Kier alpha value is -0.0800. The third kappa shape index (κ3) is 2.05. The van der Waals surface area contributed by atoms with E-state index in [2.05, 4.69) is 32.7 Å². The van der Waals surface area contributed by atoms with E-state index in [1.165, 1.54) is 13.0 Å². The van der Waals surface area contributed by atoms with E-state index in [0.717, 1.165) is 18.4 Å². The molecule has 2 heteroatoms. The molecule has 76 valence electrons. The fraction of sp³-hybridized carbons (Fsp3) is 1.00. The average Bonchev–Trinajstić information content (AvgIpc) is 2.60. The number of rotatable bonds is 2. The summed E-state index contributed by atoms with van der Waals surface area (Å²) in [6.45, 7) is 8.61. The SMILES string of the molecule is CN1CC2CC2C1COC(C)(C)C. The molecule has 3 atom stereocenters. The Morgan fingerprint density at radius 2 is 2.08 bits per heavy atom. The zero-order valence-electron chi connectivity index (χ0n) is 9.21. The van der Waals surface area contributed by atoms with Gasteiger partial charge in [-0.15, -0.1) is 0 Å². The molecule has 2 nitrogen and oxygen atoms in total. The maximum absolute atomic E-state index is 5.84. The minimum atomic E-state index is 0.0216.